The van der Waals surface area contributed by atoms with Crippen LogP contribution in [0.2, 0.25) is 5.02 Å². The van der Waals surface area contributed by atoms with Crippen molar-refractivity contribution >= 4 is 11.6 Å². The number of nitrogens with two attached hydrogens (primary N) is 1. The lowest BCUT2D eigenvalue weighted by atomic mass is 9.94. The zero-order valence-electron chi connectivity index (χ0n) is 7.22. The molecule has 0 heterocycles. The molecule has 0 saturated heterocycles. The Balaban J connectivity index is 3.10. The van der Waals surface area contributed by atoms with Crippen molar-refractivity contribution in [1.82, 2.24) is 0 Å². The molecule has 2 nitrogen and oxygen atoms in total. The van der Waals surface area contributed by atoms with Gasteiger partial charge >= 0.3 is 0 Å². The van der Waals surface area contributed by atoms with Gasteiger partial charge in [-0.05, 0) is 24.6 Å². The second-order valence-electron chi connectivity index (χ2n) is 3.20. The molecule has 0 radical (unpaired) electrons. The van der Waals surface area contributed by atoms with Gasteiger partial charge in [-0.3, -0.25) is 0 Å². The summed E-state index contributed by atoms with van der Waals surface area (Å²) in [6.45, 7) is 1.38. The molecule has 1 aromatic rings. The van der Waals surface area contributed by atoms with E-state index in [0.717, 1.165) is 0 Å². The third-order valence-electron chi connectivity index (χ3n) is 1.91. The Hall–Kier alpha value is -0.640. The lowest BCUT2D eigenvalue weighted by molar-refractivity contribution is 0.210. The van der Waals surface area contributed by atoms with Gasteiger partial charge in [-0.2, -0.15) is 0 Å². The molecule has 0 fully saturated rings. The van der Waals surface area contributed by atoms with Gasteiger partial charge in [0.1, 0.15) is 5.82 Å². The third-order valence-corrected chi connectivity index (χ3v) is 2.21. The summed E-state index contributed by atoms with van der Waals surface area (Å²) in [7, 11) is 0. The Kier molecular flexibility index (Phi) is 2.91. The van der Waals surface area contributed by atoms with Gasteiger partial charge in [-0.15, -0.1) is 0 Å². The Bertz CT molecular complexity index is 314. The molecule has 0 aliphatic carbocycles. The standard InChI is InChI=1S/C9H11ClFNO/c1-9(12,5-13)6-2-3-7(10)8(11)4-6/h2-4,13H,5,12H2,1H3/t9-/m1/s1. The van der Waals surface area contributed by atoms with Crippen molar-refractivity contribution in [2.75, 3.05) is 6.61 Å². The molecule has 0 saturated carbocycles. The minimum absolute atomic E-state index is 0.0532. The zero-order chi connectivity index (χ0) is 10.1. The van der Waals surface area contributed by atoms with Crippen LogP contribution in [0.25, 0.3) is 0 Å². The quantitative estimate of drug-likeness (QED) is 0.768. The van der Waals surface area contributed by atoms with E-state index in [1.54, 1.807) is 13.0 Å². The number of benzene rings is 1. The number of hydrogen-bond donors (Lipinski definition) is 2. The average Bonchev–Trinajstić information content (AvgIpc) is 2.09. The van der Waals surface area contributed by atoms with E-state index in [0.29, 0.717) is 5.56 Å². The molecule has 0 bridgehead atoms. The predicted octanol–water partition coefficient (Wildman–Crippen LogP) is 1.65. The van der Waals surface area contributed by atoms with Crippen LogP contribution in [0, 0.1) is 5.82 Å². The minimum atomic E-state index is -0.925. The van der Waals surface area contributed by atoms with Crippen molar-refractivity contribution in [3.63, 3.8) is 0 Å². The van der Waals surface area contributed by atoms with Crippen LogP contribution in [-0.4, -0.2) is 11.7 Å². The third kappa shape index (κ3) is 2.18. The molecular weight excluding hydrogens is 193 g/mol. The highest BCUT2D eigenvalue weighted by Crippen LogP contribution is 2.22. The minimum Gasteiger partial charge on any atom is -0.394 e. The topological polar surface area (TPSA) is 46.2 Å². The van der Waals surface area contributed by atoms with Crippen molar-refractivity contribution < 1.29 is 9.50 Å². The normalized spacial score (nSPS) is 15.5. The molecule has 1 rings (SSSR count). The fourth-order valence-corrected chi connectivity index (χ4v) is 1.06. The number of hydrogen-bond acceptors (Lipinski definition) is 2. The Morgan fingerprint density at radius 1 is 1.62 bits per heavy atom. The SMILES string of the molecule is C[C@@](N)(CO)c1ccc(Cl)c(F)c1. The van der Waals surface area contributed by atoms with Crippen LogP contribution >= 0.6 is 11.6 Å². The maximum atomic E-state index is 13.0. The summed E-state index contributed by atoms with van der Waals surface area (Å²) < 4.78 is 13.0. The smallest absolute Gasteiger partial charge is 0.142 e. The van der Waals surface area contributed by atoms with Crippen LogP contribution in [0.1, 0.15) is 12.5 Å². The van der Waals surface area contributed by atoms with E-state index in [1.807, 2.05) is 0 Å². The summed E-state index contributed by atoms with van der Waals surface area (Å²) in [5.41, 5.74) is 5.30. The first kappa shape index (κ1) is 10.4. The van der Waals surface area contributed by atoms with Gasteiger partial charge in [0.25, 0.3) is 0 Å². The van der Waals surface area contributed by atoms with E-state index in [9.17, 15) is 4.39 Å². The highest BCUT2D eigenvalue weighted by molar-refractivity contribution is 6.30. The second-order valence-corrected chi connectivity index (χ2v) is 3.61. The summed E-state index contributed by atoms with van der Waals surface area (Å²) >= 11 is 5.50. The molecule has 0 aliphatic rings. The van der Waals surface area contributed by atoms with Gasteiger partial charge in [0.15, 0.2) is 0 Å². The van der Waals surface area contributed by atoms with Crippen LogP contribution in [0.4, 0.5) is 4.39 Å². The summed E-state index contributed by atoms with van der Waals surface area (Å²) in [4.78, 5) is 0. The molecule has 0 aromatic heterocycles. The highest BCUT2D eigenvalue weighted by Gasteiger charge is 2.20. The molecule has 0 unspecified atom stereocenters. The van der Waals surface area contributed by atoms with Crippen molar-refractivity contribution in [3.05, 3.63) is 34.6 Å². The Morgan fingerprint density at radius 2 is 2.23 bits per heavy atom. The van der Waals surface area contributed by atoms with Crippen molar-refractivity contribution in [2.24, 2.45) is 5.73 Å². The molecular formula is C9H11ClFNO. The average molecular weight is 204 g/mol. The van der Waals surface area contributed by atoms with E-state index in [1.165, 1.54) is 12.1 Å². The Labute approximate surface area is 81.1 Å². The first-order valence-corrected chi connectivity index (χ1v) is 4.20. The van der Waals surface area contributed by atoms with Crippen LogP contribution < -0.4 is 5.73 Å². The van der Waals surface area contributed by atoms with Crippen LogP contribution in [0.15, 0.2) is 18.2 Å². The van der Waals surface area contributed by atoms with Crippen LogP contribution in [0.3, 0.4) is 0 Å². The van der Waals surface area contributed by atoms with E-state index < -0.39 is 11.4 Å². The molecule has 72 valence electrons. The van der Waals surface area contributed by atoms with Gasteiger partial charge in [-0.25, -0.2) is 4.39 Å². The lowest BCUT2D eigenvalue weighted by Crippen LogP contribution is -2.36. The highest BCUT2D eigenvalue weighted by atomic mass is 35.5. The van der Waals surface area contributed by atoms with Crippen molar-refractivity contribution in [2.45, 2.75) is 12.5 Å². The summed E-state index contributed by atoms with van der Waals surface area (Å²) in [6, 6.07) is 4.26. The van der Waals surface area contributed by atoms with Crippen molar-refractivity contribution in [3.8, 4) is 0 Å². The predicted molar refractivity (Wildman–Crippen MR) is 50.0 cm³/mol. The van der Waals surface area contributed by atoms with E-state index in [4.69, 9.17) is 22.4 Å². The van der Waals surface area contributed by atoms with Gasteiger partial charge in [0, 0.05) is 0 Å². The molecule has 0 spiro atoms. The fourth-order valence-electron chi connectivity index (χ4n) is 0.943. The number of halogens is 2. The van der Waals surface area contributed by atoms with Gasteiger partial charge < -0.3 is 10.8 Å². The summed E-state index contributed by atoms with van der Waals surface area (Å²) in [5.74, 6) is -0.524. The maximum absolute atomic E-state index is 13.0. The molecule has 1 aromatic carbocycles. The molecule has 0 aliphatic heterocycles. The fraction of sp³-hybridized carbons (Fsp3) is 0.333. The number of aliphatic hydroxyl groups excluding tert-OH is 1. The monoisotopic (exact) mass is 203 g/mol. The van der Waals surface area contributed by atoms with Crippen LogP contribution in [-0.2, 0) is 5.54 Å². The maximum Gasteiger partial charge on any atom is 0.142 e. The number of rotatable bonds is 2. The lowest BCUT2D eigenvalue weighted by Gasteiger charge is -2.22. The summed E-state index contributed by atoms with van der Waals surface area (Å²) in [5, 5.41) is 8.98. The van der Waals surface area contributed by atoms with E-state index in [-0.39, 0.29) is 11.6 Å². The van der Waals surface area contributed by atoms with Crippen LogP contribution in [0.5, 0.6) is 0 Å². The van der Waals surface area contributed by atoms with Gasteiger partial charge in [-0.1, -0.05) is 17.7 Å². The Morgan fingerprint density at radius 3 is 2.69 bits per heavy atom. The molecule has 0 amide bonds. The molecule has 4 heteroatoms. The van der Waals surface area contributed by atoms with Gasteiger partial charge in [0.2, 0.25) is 0 Å². The first-order chi connectivity index (χ1) is 5.97. The second kappa shape index (κ2) is 3.62. The first-order valence-electron chi connectivity index (χ1n) is 3.82. The molecule has 3 N–H and O–H groups in total. The largest absolute Gasteiger partial charge is 0.394 e. The van der Waals surface area contributed by atoms with E-state index in [2.05, 4.69) is 0 Å². The van der Waals surface area contributed by atoms with Crippen molar-refractivity contribution in [1.29, 1.82) is 0 Å². The van der Waals surface area contributed by atoms with E-state index >= 15 is 0 Å². The van der Waals surface area contributed by atoms with Gasteiger partial charge in [0.05, 0.1) is 17.2 Å². The molecule has 13 heavy (non-hydrogen) atoms. The zero-order valence-corrected chi connectivity index (χ0v) is 7.98. The number of aliphatic hydroxyl groups is 1. The summed E-state index contributed by atoms with van der Waals surface area (Å²) in [6.07, 6.45) is 0. The molecule has 1 atom stereocenters.